The topological polar surface area (TPSA) is 12.0 Å². The van der Waals surface area contributed by atoms with Crippen molar-refractivity contribution in [1.29, 1.82) is 0 Å². The van der Waals surface area contributed by atoms with E-state index in [9.17, 15) is 0 Å². The van der Waals surface area contributed by atoms with Gasteiger partial charge in [-0.2, -0.15) is 0 Å². The van der Waals surface area contributed by atoms with Crippen LogP contribution in [0.5, 0.6) is 0 Å². The van der Waals surface area contributed by atoms with Crippen molar-refractivity contribution in [2.24, 2.45) is 0 Å². The van der Waals surface area contributed by atoms with E-state index in [0.717, 1.165) is 6.54 Å². The van der Waals surface area contributed by atoms with Crippen LogP contribution in [0.2, 0.25) is 0 Å². The zero-order chi connectivity index (χ0) is 14.5. The Morgan fingerprint density at radius 2 is 1.80 bits per heavy atom. The smallest absolute Gasteiger partial charge is 0.0360 e. The Hall–Kier alpha value is -1.08. The van der Waals surface area contributed by atoms with Crippen LogP contribution in [0.15, 0.2) is 23.8 Å². The summed E-state index contributed by atoms with van der Waals surface area (Å²) < 4.78 is 0. The first-order valence-electron chi connectivity index (χ1n) is 8.10. The summed E-state index contributed by atoms with van der Waals surface area (Å²) in [6.07, 6.45) is 8.97. The van der Waals surface area contributed by atoms with Gasteiger partial charge in [-0.3, -0.25) is 0 Å². The van der Waals surface area contributed by atoms with E-state index in [-0.39, 0.29) is 0 Å². The maximum absolute atomic E-state index is 3.69. The molecule has 0 saturated heterocycles. The predicted octanol–water partition coefficient (Wildman–Crippen LogP) is 5.15. The summed E-state index contributed by atoms with van der Waals surface area (Å²) in [4.78, 5) is 0. The van der Waals surface area contributed by atoms with Crippen molar-refractivity contribution in [3.63, 3.8) is 0 Å². The van der Waals surface area contributed by atoms with Gasteiger partial charge < -0.3 is 5.32 Å². The van der Waals surface area contributed by atoms with Crippen molar-refractivity contribution in [3.05, 3.63) is 46.0 Å². The molecule has 1 aliphatic carbocycles. The normalized spacial score (nSPS) is 16.9. The highest BCUT2D eigenvalue weighted by Crippen LogP contribution is 2.30. The summed E-state index contributed by atoms with van der Waals surface area (Å²) in [6.45, 7) is 9.92. The van der Waals surface area contributed by atoms with Crippen molar-refractivity contribution in [2.75, 3.05) is 6.54 Å². The quantitative estimate of drug-likeness (QED) is 0.730. The van der Waals surface area contributed by atoms with Crippen LogP contribution in [0.1, 0.15) is 67.3 Å². The molecule has 20 heavy (non-hydrogen) atoms. The lowest BCUT2D eigenvalue weighted by Gasteiger charge is -2.24. The molecule has 0 bridgehead atoms. The van der Waals surface area contributed by atoms with Crippen LogP contribution < -0.4 is 5.32 Å². The molecule has 0 aliphatic heterocycles. The van der Waals surface area contributed by atoms with Gasteiger partial charge in [-0.15, -0.1) is 0 Å². The fraction of sp³-hybridized carbons (Fsp3) is 0.579. The molecule has 110 valence electrons. The molecule has 1 heteroatoms. The van der Waals surface area contributed by atoms with Gasteiger partial charge in [0.25, 0.3) is 0 Å². The molecule has 0 fully saturated rings. The minimum atomic E-state index is 0.476. The minimum Gasteiger partial charge on any atom is -0.310 e. The average Bonchev–Trinajstić information content (AvgIpc) is 2.44. The number of nitrogens with one attached hydrogen (secondary N) is 1. The number of aryl methyl sites for hydroxylation is 3. The van der Waals surface area contributed by atoms with E-state index in [1.807, 2.05) is 0 Å². The molecule has 0 amide bonds. The minimum absolute atomic E-state index is 0.476. The lowest BCUT2D eigenvalue weighted by molar-refractivity contribution is 0.525. The second-order valence-electron chi connectivity index (χ2n) is 6.22. The number of allylic oxidation sites excluding steroid dienone is 1. The Bertz CT molecular complexity index is 485. The molecular formula is C19H29N. The Balaban J connectivity index is 2.23. The SMILES string of the molecule is CCNC(CC1=CCCCC1)c1cc(C)c(C)cc1C. The molecule has 1 aromatic carbocycles. The third kappa shape index (κ3) is 3.73. The van der Waals surface area contributed by atoms with Gasteiger partial charge in [-0.05, 0) is 81.7 Å². The van der Waals surface area contributed by atoms with E-state index in [2.05, 4.69) is 51.2 Å². The predicted molar refractivity (Wildman–Crippen MR) is 88.2 cm³/mol. The van der Waals surface area contributed by atoms with Crippen LogP contribution >= 0.6 is 0 Å². The molecule has 0 heterocycles. The number of hydrogen-bond acceptors (Lipinski definition) is 1. The van der Waals surface area contributed by atoms with E-state index in [0.29, 0.717) is 6.04 Å². The monoisotopic (exact) mass is 271 g/mol. The summed E-state index contributed by atoms with van der Waals surface area (Å²) in [5, 5.41) is 3.69. The summed E-state index contributed by atoms with van der Waals surface area (Å²) in [5.74, 6) is 0. The second kappa shape index (κ2) is 7.08. The van der Waals surface area contributed by atoms with Crippen molar-refractivity contribution >= 4 is 0 Å². The van der Waals surface area contributed by atoms with Gasteiger partial charge in [0.05, 0.1) is 0 Å². The van der Waals surface area contributed by atoms with Gasteiger partial charge in [0, 0.05) is 6.04 Å². The third-order valence-corrected chi connectivity index (χ3v) is 4.56. The maximum atomic E-state index is 3.69. The van der Waals surface area contributed by atoms with E-state index >= 15 is 0 Å². The highest BCUT2D eigenvalue weighted by molar-refractivity contribution is 5.38. The summed E-state index contributed by atoms with van der Waals surface area (Å²) >= 11 is 0. The highest BCUT2D eigenvalue weighted by Gasteiger charge is 2.16. The summed E-state index contributed by atoms with van der Waals surface area (Å²) in [6, 6.07) is 5.20. The van der Waals surface area contributed by atoms with Crippen LogP contribution in [0.4, 0.5) is 0 Å². The van der Waals surface area contributed by atoms with Crippen LogP contribution in [0.3, 0.4) is 0 Å². The van der Waals surface area contributed by atoms with Crippen molar-refractivity contribution in [2.45, 2.75) is 65.8 Å². The standard InChI is InChI=1S/C19H29N/c1-5-20-19(13-17-9-7-6-8-10-17)18-12-15(3)14(2)11-16(18)4/h9,11-12,19-20H,5-8,10,13H2,1-4H3. The first kappa shape index (κ1) is 15.3. The number of hydrogen-bond donors (Lipinski definition) is 1. The van der Waals surface area contributed by atoms with Crippen LogP contribution in [0, 0.1) is 20.8 Å². The van der Waals surface area contributed by atoms with E-state index < -0.39 is 0 Å². The van der Waals surface area contributed by atoms with Crippen LogP contribution in [0.25, 0.3) is 0 Å². The third-order valence-electron chi connectivity index (χ3n) is 4.56. The Morgan fingerprint density at radius 1 is 1.05 bits per heavy atom. The number of rotatable bonds is 5. The Morgan fingerprint density at radius 3 is 2.45 bits per heavy atom. The zero-order valence-electron chi connectivity index (χ0n) is 13.6. The van der Waals surface area contributed by atoms with Gasteiger partial charge in [0.15, 0.2) is 0 Å². The molecule has 1 aliphatic rings. The van der Waals surface area contributed by atoms with Gasteiger partial charge in [0.1, 0.15) is 0 Å². The molecule has 1 atom stereocenters. The highest BCUT2D eigenvalue weighted by atomic mass is 14.9. The summed E-state index contributed by atoms with van der Waals surface area (Å²) in [5.41, 5.74) is 7.38. The zero-order valence-corrected chi connectivity index (χ0v) is 13.6. The largest absolute Gasteiger partial charge is 0.310 e. The van der Waals surface area contributed by atoms with Crippen molar-refractivity contribution in [3.8, 4) is 0 Å². The van der Waals surface area contributed by atoms with Crippen LogP contribution in [-0.4, -0.2) is 6.54 Å². The molecule has 1 N–H and O–H groups in total. The fourth-order valence-electron chi connectivity index (χ4n) is 3.25. The number of benzene rings is 1. The molecular weight excluding hydrogens is 242 g/mol. The first-order chi connectivity index (χ1) is 9.61. The Kier molecular flexibility index (Phi) is 5.42. The fourth-order valence-corrected chi connectivity index (χ4v) is 3.25. The molecule has 0 saturated carbocycles. The van der Waals surface area contributed by atoms with E-state index in [1.165, 1.54) is 54.4 Å². The van der Waals surface area contributed by atoms with Crippen molar-refractivity contribution in [1.82, 2.24) is 5.32 Å². The van der Waals surface area contributed by atoms with Crippen LogP contribution in [-0.2, 0) is 0 Å². The Labute approximate surface area is 124 Å². The maximum Gasteiger partial charge on any atom is 0.0360 e. The lowest BCUT2D eigenvalue weighted by atomic mass is 9.88. The molecule has 1 nitrogen and oxygen atoms in total. The summed E-state index contributed by atoms with van der Waals surface area (Å²) in [7, 11) is 0. The molecule has 0 aromatic heterocycles. The second-order valence-corrected chi connectivity index (χ2v) is 6.22. The molecule has 0 spiro atoms. The van der Waals surface area contributed by atoms with Gasteiger partial charge in [0.2, 0.25) is 0 Å². The van der Waals surface area contributed by atoms with Crippen molar-refractivity contribution < 1.29 is 0 Å². The van der Waals surface area contributed by atoms with E-state index in [4.69, 9.17) is 0 Å². The van der Waals surface area contributed by atoms with Gasteiger partial charge >= 0.3 is 0 Å². The van der Waals surface area contributed by atoms with E-state index in [1.54, 1.807) is 5.57 Å². The first-order valence-corrected chi connectivity index (χ1v) is 8.10. The molecule has 2 rings (SSSR count). The van der Waals surface area contributed by atoms with Gasteiger partial charge in [-0.25, -0.2) is 0 Å². The average molecular weight is 271 g/mol. The van der Waals surface area contributed by atoms with Gasteiger partial charge in [-0.1, -0.05) is 30.7 Å². The molecule has 1 aromatic rings. The lowest BCUT2D eigenvalue weighted by Crippen LogP contribution is -2.22. The molecule has 1 unspecified atom stereocenters. The molecule has 0 radical (unpaired) electrons.